The van der Waals surface area contributed by atoms with Crippen LogP contribution in [0.15, 0.2) is 36.7 Å². The van der Waals surface area contributed by atoms with Gasteiger partial charge in [0.05, 0.1) is 12.1 Å². The molecule has 31 heavy (non-hydrogen) atoms. The molecule has 0 saturated heterocycles. The number of anilines is 2. The standard InChI is InChI=1S/C18H14F4IN3O4S/c1-2-29-15-7-14-12(6-16(15)30-31(27,28)18(20,21)22)17(25-9-24-14)26-11-3-4-13(19)10(5-11)8-23/h3-7,9H,2,8H2,1H3,(H,24,25,26). The van der Waals surface area contributed by atoms with Crippen molar-refractivity contribution in [3.63, 3.8) is 0 Å². The third kappa shape index (κ3) is 5.08. The van der Waals surface area contributed by atoms with E-state index in [-0.39, 0.29) is 34.9 Å². The summed E-state index contributed by atoms with van der Waals surface area (Å²) in [5.41, 5.74) is -4.46. The summed E-state index contributed by atoms with van der Waals surface area (Å²) in [6, 6.07) is 6.55. The van der Waals surface area contributed by atoms with Crippen LogP contribution in [0.3, 0.4) is 0 Å². The highest BCUT2D eigenvalue weighted by atomic mass is 127. The maximum Gasteiger partial charge on any atom is 0.534 e. The summed E-state index contributed by atoms with van der Waals surface area (Å²) in [7, 11) is -5.93. The Morgan fingerprint density at radius 1 is 1.13 bits per heavy atom. The monoisotopic (exact) mass is 571 g/mol. The summed E-state index contributed by atoms with van der Waals surface area (Å²) in [5, 5.41) is 3.10. The van der Waals surface area contributed by atoms with E-state index in [0.717, 1.165) is 6.07 Å². The quantitative estimate of drug-likeness (QED) is 0.139. The molecule has 3 aromatic rings. The predicted molar refractivity (Wildman–Crippen MR) is 114 cm³/mol. The molecule has 13 heteroatoms. The number of hydrogen-bond donors (Lipinski definition) is 1. The largest absolute Gasteiger partial charge is 0.534 e. The summed E-state index contributed by atoms with van der Waals surface area (Å²) in [4.78, 5) is 8.10. The highest BCUT2D eigenvalue weighted by Crippen LogP contribution is 2.38. The van der Waals surface area contributed by atoms with E-state index < -0.39 is 21.4 Å². The van der Waals surface area contributed by atoms with Gasteiger partial charge in [-0.25, -0.2) is 14.4 Å². The van der Waals surface area contributed by atoms with Gasteiger partial charge in [0.1, 0.15) is 18.0 Å². The summed E-state index contributed by atoms with van der Waals surface area (Å²) in [5.74, 6) is -1.15. The van der Waals surface area contributed by atoms with E-state index in [9.17, 15) is 26.0 Å². The smallest absolute Gasteiger partial charge is 0.490 e. The maximum atomic E-state index is 13.7. The fourth-order valence-electron chi connectivity index (χ4n) is 2.55. The van der Waals surface area contributed by atoms with Crippen molar-refractivity contribution in [3.05, 3.63) is 48.0 Å². The van der Waals surface area contributed by atoms with Crippen molar-refractivity contribution in [1.29, 1.82) is 0 Å². The molecule has 0 aliphatic heterocycles. The lowest BCUT2D eigenvalue weighted by molar-refractivity contribution is -0.0500. The molecule has 0 saturated carbocycles. The Morgan fingerprint density at radius 3 is 2.52 bits per heavy atom. The second-order valence-electron chi connectivity index (χ2n) is 6.02. The van der Waals surface area contributed by atoms with E-state index in [4.69, 9.17) is 4.74 Å². The second kappa shape index (κ2) is 8.98. The summed E-state index contributed by atoms with van der Waals surface area (Å²) in [6.45, 7) is 1.61. The molecule has 166 valence electrons. The highest BCUT2D eigenvalue weighted by Gasteiger charge is 2.49. The number of nitrogens with zero attached hydrogens (tertiary/aromatic N) is 2. The van der Waals surface area contributed by atoms with Crippen molar-refractivity contribution < 1.29 is 34.9 Å². The highest BCUT2D eigenvalue weighted by molar-refractivity contribution is 14.1. The van der Waals surface area contributed by atoms with Crippen molar-refractivity contribution in [2.45, 2.75) is 16.9 Å². The third-order valence-corrected chi connectivity index (χ3v) is 5.72. The van der Waals surface area contributed by atoms with E-state index in [2.05, 4.69) is 19.5 Å². The summed E-state index contributed by atoms with van der Waals surface area (Å²) < 4.78 is 85.1. The number of ether oxygens (including phenoxy) is 1. The molecule has 1 aromatic heterocycles. The molecular formula is C18H14F4IN3O4S. The molecule has 2 aromatic carbocycles. The first-order valence-corrected chi connectivity index (χ1v) is 11.5. The van der Waals surface area contributed by atoms with Gasteiger partial charge in [-0.05, 0) is 36.8 Å². The number of benzene rings is 2. The van der Waals surface area contributed by atoms with Crippen molar-refractivity contribution >= 4 is 55.1 Å². The Balaban J connectivity index is 2.10. The first-order valence-electron chi connectivity index (χ1n) is 8.59. The molecule has 0 aliphatic rings. The molecule has 0 atom stereocenters. The Morgan fingerprint density at radius 2 is 1.87 bits per heavy atom. The fourth-order valence-corrected chi connectivity index (χ4v) is 3.60. The minimum Gasteiger partial charge on any atom is -0.490 e. The topological polar surface area (TPSA) is 90.4 Å². The first kappa shape index (κ1) is 23.2. The molecule has 3 rings (SSSR count). The number of hydrogen-bond acceptors (Lipinski definition) is 7. The first-order chi connectivity index (χ1) is 14.6. The Hall–Kier alpha value is -2.42. The van der Waals surface area contributed by atoms with Crippen LogP contribution >= 0.6 is 22.6 Å². The molecule has 1 N–H and O–H groups in total. The van der Waals surface area contributed by atoms with Crippen LogP contribution in [0.5, 0.6) is 11.5 Å². The zero-order valence-electron chi connectivity index (χ0n) is 15.7. The number of aromatic nitrogens is 2. The lowest BCUT2D eigenvalue weighted by Gasteiger charge is -2.15. The van der Waals surface area contributed by atoms with Crippen molar-refractivity contribution in [2.75, 3.05) is 11.9 Å². The predicted octanol–water partition coefficient (Wildman–Crippen LogP) is 5.07. The van der Waals surface area contributed by atoms with Gasteiger partial charge in [-0.3, -0.25) is 0 Å². The van der Waals surface area contributed by atoms with Gasteiger partial charge >= 0.3 is 15.6 Å². The van der Waals surface area contributed by atoms with E-state index in [1.165, 1.54) is 24.5 Å². The van der Waals surface area contributed by atoms with Gasteiger partial charge in [-0.2, -0.15) is 21.6 Å². The fraction of sp³-hybridized carbons (Fsp3) is 0.222. The zero-order valence-corrected chi connectivity index (χ0v) is 18.7. The molecule has 0 amide bonds. The van der Waals surface area contributed by atoms with E-state index in [1.807, 2.05) is 22.6 Å². The van der Waals surface area contributed by atoms with Crippen LogP contribution in [0, 0.1) is 5.82 Å². The molecule has 1 heterocycles. The van der Waals surface area contributed by atoms with E-state index in [0.29, 0.717) is 15.7 Å². The van der Waals surface area contributed by atoms with Crippen LogP contribution in [0.4, 0.5) is 29.1 Å². The molecule has 7 nitrogen and oxygen atoms in total. The van der Waals surface area contributed by atoms with Gasteiger partial charge in [0.2, 0.25) is 0 Å². The van der Waals surface area contributed by atoms with Gasteiger partial charge in [-0.15, -0.1) is 0 Å². The lowest BCUT2D eigenvalue weighted by Crippen LogP contribution is -2.28. The summed E-state index contributed by atoms with van der Waals surface area (Å²) in [6.07, 6.45) is 1.20. The van der Waals surface area contributed by atoms with Crippen molar-refractivity contribution in [3.8, 4) is 11.5 Å². The molecular weight excluding hydrogens is 557 g/mol. The van der Waals surface area contributed by atoms with Crippen molar-refractivity contribution in [1.82, 2.24) is 9.97 Å². The molecule has 0 unspecified atom stereocenters. The number of rotatable bonds is 7. The average molecular weight is 571 g/mol. The average Bonchev–Trinajstić information content (AvgIpc) is 2.69. The normalized spacial score (nSPS) is 12.1. The van der Waals surface area contributed by atoms with Crippen LogP contribution in [-0.2, 0) is 14.5 Å². The lowest BCUT2D eigenvalue weighted by atomic mass is 10.2. The Labute approximate surface area is 188 Å². The molecule has 0 aliphatic carbocycles. The molecule has 0 spiro atoms. The number of alkyl halides is 4. The van der Waals surface area contributed by atoms with Crippen LogP contribution < -0.4 is 14.2 Å². The SMILES string of the molecule is CCOc1cc2ncnc(Nc3ccc(F)c(CI)c3)c2cc1OS(=O)(=O)C(F)(F)F. The zero-order chi connectivity index (χ0) is 22.8. The van der Waals surface area contributed by atoms with E-state index in [1.54, 1.807) is 13.0 Å². The van der Waals surface area contributed by atoms with Gasteiger partial charge in [-0.1, -0.05) is 22.6 Å². The number of fused-ring (bicyclic) bond motifs is 1. The van der Waals surface area contributed by atoms with Crippen molar-refractivity contribution in [2.24, 2.45) is 0 Å². The van der Waals surface area contributed by atoms with Gasteiger partial charge in [0.15, 0.2) is 11.5 Å². The third-order valence-electron chi connectivity index (χ3n) is 3.94. The van der Waals surface area contributed by atoms with E-state index >= 15 is 0 Å². The number of nitrogens with one attached hydrogen (secondary N) is 1. The van der Waals surface area contributed by atoms with Gasteiger partial charge < -0.3 is 14.2 Å². The minimum atomic E-state index is -5.93. The Kier molecular flexibility index (Phi) is 6.73. The van der Waals surface area contributed by atoms with Gasteiger partial charge in [0, 0.05) is 21.6 Å². The second-order valence-corrected chi connectivity index (χ2v) is 8.32. The molecule has 0 radical (unpaired) electrons. The van der Waals surface area contributed by atoms with Crippen LogP contribution in [0.25, 0.3) is 10.9 Å². The van der Waals surface area contributed by atoms with Crippen LogP contribution in [0.1, 0.15) is 12.5 Å². The molecule has 0 fully saturated rings. The number of halogens is 5. The Bertz CT molecular complexity index is 1220. The van der Waals surface area contributed by atoms with Crippen LogP contribution in [0.2, 0.25) is 0 Å². The summed E-state index contributed by atoms with van der Waals surface area (Å²) >= 11 is 2.00. The van der Waals surface area contributed by atoms with Gasteiger partial charge in [0.25, 0.3) is 0 Å². The molecule has 0 bridgehead atoms. The maximum absolute atomic E-state index is 13.7. The minimum absolute atomic E-state index is 0.0405. The van der Waals surface area contributed by atoms with Crippen LogP contribution in [-0.4, -0.2) is 30.5 Å².